The van der Waals surface area contributed by atoms with Gasteiger partial charge in [0.2, 0.25) is 0 Å². The summed E-state index contributed by atoms with van der Waals surface area (Å²) >= 11 is 0. The molecule has 1 fully saturated rings. The molecule has 1 saturated carbocycles. The zero-order chi connectivity index (χ0) is 14.1. The van der Waals surface area contributed by atoms with Crippen molar-refractivity contribution in [2.75, 3.05) is 5.32 Å². The predicted molar refractivity (Wildman–Crippen MR) is 74.3 cm³/mol. The highest BCUT2D eigenvalue weighted by atomic mass is 16.1. The van der Waals surface area contributed by atoms with E-state index in [1.165, 1.54) is 30.1 Å². The van der Waals surface area contributed by atoms with Crippen molar-refractivity contribution < 1.29 is 4.79 Å². The van der Waals surface area contributed by atoms with Gasteiger partial charge < -0.3 is 11.1 Å². The molecule has 2 unspecified atom stereocenters. The number of anilines is 1. The standard InChI is InChI=1S/C13H18N6O/c1-8-4-2-3-5-10(8)17-12-9(13(14)20)6-16-19-11(12)7-15-18-19/h6-8,10,17H,2-5H2,1H3,(H2,14,20). The summed E-state index contributed by atoms with van der Waals surface area (Å²) in [6.45, 7) is 2.23. The Balaban J connectivity index is 2.01. The monoisotopic (exact) mass is 274 g/mol. The van der Waals surface area contributed by atoms with E-state index in [0.717, 1.165) is 6.42 Å². The second-order valence-corrected chi connectivity index (χ2v) is 5.42. The molecular formula is C13H18N6O. The molecule has 2 heterocycles. The van der Waals surface area contributed by atoms with Crippen LogP contribution in [0.25, 0.3) is 5.52 Å². The maximum absolute atomic E-state index is 11.6. The lowest BCUT2D eigenvalue weighted by molar-refractivity contribution is 0.100. The van der Waals surface area contributed by atoms with E-state index in [4.69, 9.17) is 5.73 Å². The lowest BCUT2D eigenvalue weighted by Crippen LogP contribution is -2.31. The fourth-order valence-corrected chi connectivity index (χ4v) is 2.85. The van der Waals surface area contributed by atoms with Crippen LogP contribution in [0.15, 0.2) is 12.4 Å². The molecule has 0 radical (unpaired) electrons. The van der Waals surface area contributed by atoms with Crippen LogP contribution in [0.1, 0.15) is 43.0 Å². The number of nitrogens with one attached hydrogen (secondary N) is 1. The van der Waals surface area contributed by atoms with Gasteiger partial charge in [-0.3, -0.25) is 4.79 Å². The summed E-state index contributed by atoms with van der Waals surface area (Å²) in [5, 5.41) is 15.2. The van der Waals surface area contributed by atoms with Gasteiger partial charge in [0.1, 0.15) is 5.52 Å². The van der Waals surface area contributed by atoms with E-state index in [2.05, 4.69) is 27.7 Å². The van der Waals surface area contributed by atoms with Gasteiger partial charge in [0.15, 0.2) is 0 Å². The molecule has 1 aliphatic carbocycles. The molecule has 2 aromatic heterocycles. The third kappa shape index (κ3) is 2.19. The van der Waals surface area contributed by atoms with E-state index in [-0.39, 0.29) is 0 Å². The highest BCUT2D eigenvalue weighted by Crippen LogP contribution is 2.29. The van der Waals surface area contributed by atoms with Crippen molar-refractivity contribution in [3.8, 4) is 0 Å². The molecule has 0 aliphatic heterocycles. The molecule has 1 aliphatic rings. The highest BCUT2D eigenvalue weighted by Gasteiger charge is 2.24. The van der Waals surface area contributed by atoms with Crippen LogP contribution in [0, 0.1) is 5.92 Å². The summed E-state index contributed by atoms with van der Waals surface area (Å²) < 4.78 is 1.41. The van der Waals surface area contributed by atoms with E-state index in [1.807, 2.05) is 0 Å². The smallest absolute Gasteiger partial charge is 0.252 e. The average Bonchev–Trinajstić information content (AvgIpc) is 2.90. The maximum Gasteiger partial charge on any atom is 0.252 e. The molecule has 0 aromatic carbocycles. The number of hydrogen-bond donors (Lipinski definition) is 2. The van der Waals surface area contributed by atoms with Crippen LogP contribution in [-0.2, 0) is 0 Å². The van der Waals surface area contributed by atoms with Gasteiger partial charge in [-0.05, 0) is 24.0 Å². The number of carbonyl (C=O) groups is 1. The lowest BCUT2D eigenvalue weighted by atomic mass is 9.85. The van der Waals surface area contributed by atoms with E-state index >= 15 is 0 Å². The van der Waals surface area contributed by atoms with Crippen LogP contribution in [0.3, 0.4) is 0 Å². The Morgan fingerprint density at radius 1 is 1.40 bits per heavy atom. The Bertz CT molecular complexity index is 637. The molecule has 0 bridgehead atoms. The van der Waals surface area contributed by atoms with Crippen molar-refractivity contribution in [1.82, 2.24) is 20.0 Å². The lowest BCUT2D eigenvalue weighted by Gasteiger charge is -2.30. The first-order chi connectivity index (χ1) is 9.66. The van der Waals surface area contributed by atoms with Crippen molar-refractivity contribution >= 4 is 17.1 Å². The number of nitrogens with two attached hydrogens (primary N) is 1. The minimum Gasteiger partial charge on any atom is -0.379 e. The topological polar surface area (TPSA) is 98.2 Å². The first-order valence-corrected chi connectivity index (χ1v) is 6.93. The average molecular weight is 274 g/mol. The summed E-state index contributed by atoms with van der Waals surface area (Å²) in [5.74, 6) is 0.0701. The second-order valence-electron chi connectivity index (χ2n) is 5.42. The van der Waals surface area contributed by atoms with E-state index in [9.17, 15) is 4.79 Å². The van der Waals surface area contributed by atoms with Crippen molar-refractivity contribution in [3.63, 3.8) is 0 Å². The van der Waals surface area contributed by atoms with Gasteiger partial charge in [-0.15, -0.1) is 9.73 Å². The first-order valence-electron chi connectivity index (χ1n) is 6.93. The molecule has 106 valence electrons. The fraction of sp³-hybridized carbons (Fsp3) is 0.538. The number of rotatable bonds is 3. The molecular weight excluding hydrogens is 256 g/mol. The van der Waals surface area contributed by atoms with Crippen LogP contribution in [0.4, 0.5) is 5.69 Å². The van der Waals surface area contributed by atoms with Crippen molar-refractivity contribution in [2.24, 2.45) is 11.7 Å². The Kier molecular flexibility index (Phi) is 3.25. The molecule has 7 nitrogen and oxygen atoms in total. The molecule has 1 amide bonds. The second kappa shape index (κ2) is 5.07. The zero-order valence-electron chi connectivity index (χ0n) is 11.4. The molecule has 0 saturated heterocycles. The Morgan fingerprint density at radius 3 is 2.95 bits per heavy atom. The minimum atomic E-state index is -0.493. The third-order valence-electron chi connectivity index (χ3n) is 4.06. The van der Waals surface area contributed by atoms with Crippen LogP contribution in [0.2, 0.25) is 0 Å². The van der Waals surface area contributed by atoms with Crippen molar-refractivity contribution in [1.29, 1.82) is 0 Å². The van der Waals surface area contributed by atoms with E-state index in [0.29, 0.717) is 28.7 Å². The zero-order valence-corrected chi connectivity index (χ0v) is 11.4. The van der Waals surface area contributed by atoms with Crippen molar-refractivity contribution in [3.05, 3.63) is 18.0 Å². The van der Waals surface area contributed by atoms with E-state index < -0.39 is 5.91 Å². The number of amides is 1. The number of aromatic nitrogens is 4. The van der Waals surface area contributed by atoms with Crippen LogP contribution in [-0.4, -0.2) is 32.0 Å². The third-order valence-corrected chi connectivity index (χ3v) is 4.06. The summed E-state index contributed by atoms with van der Waals surface area (Å²) in [6, 6.07) is 0.336. The van der Waals surface area contributed by atoms with Gasteiger partial charge in [0.25, 0.3) is 5.91 Å². The number of carbonyl (C=O) groups excluding carboxylic acids is 1. The Morgan fingerprint density at radius 2 is 2.20 bits per heavy atom. The quantitative estimate of drug-likeness (QED) is 0.876. The maximum atomic E-state index is 11.6. The minimum absolute atomic E-state index is 0.336. The Labute approximate surface area is 116 Å². The fourth-order valence-electron chi connectivity index (χ4n) is 2.85. The molecule has 0 spiro atoms. The summed E-state index contributed by atoms with van der Waals surface area (Å²) in [4.78, 5) is 11.6. The van der Waals surface area contributed by atoms with Gasteiger partial charge in [-0.1, -0.05) is 19.8 Å². The predicted octanol–water partition coefficient (Wildman–Crippen LogP) is 1.21. The SMILES string of the molecule is CC1CCCCC1Nc1c(C(N)=O)cnn2nncc12. The molecule has 20 heavy (non-hydrogen) atoms. The Hall–Kier alpha value is -2.18. The van der Waals surface area contributed by atoms with Gasteiger partial charge in [0.05, 0.1) is 23.6 Å². The van der Waals surface area contributed by atoms with Crippen LogP contribution >= 0.6 is 0 Å². The van der Waals surface area contributed by atoms with Crippen LogP contribution < -0.4 is 11.1 Å². The van der Waals surface area contributed by atoms with Crippen LogP contribution in [0.5, 0.6) is 0 Å². The van der Waals surface area contributed by atoms with E-state index in [1.54, 1.807) is 6.20 Å². The first kappa shape index (κ1) is 12.8. The van der Waals surface area contributed by atoms with Gasteiger partial charge in [0, 0.05) is 6.04 Å². The number of fused-ring (bicyclic) bond motifs is 1. The van der Waals surface area contributed by atoms with Gasteiger partial charge in [-0.25, -0.2) is 0 Å². The number of hydrogen-bond acceptors (Lipinski definition) is 5. The number of primary amides is 1. The van der Waals surface area contributed by atoms with Gasteiger partial charge >= 0.3 is 0 Å². The molecule has 3 rings (SSSR count). The highest BCUT2D eigenvalue weighted by molar-refractivity contribution is 6.01. The molecule has 3 N–H and O–H groups in total. The molecule has 2 atom stereocenters. The summed E-state index contributed by atoms with van der Waals surface area (Å²) in [6.07, 6.45) is 7.79. The summed E-state index contributed by atoms with van der Waals surface area (Å²) in [7, 11) is 0. The number of nitrogens with zero attached hydrogens (tertiary/aromatic N) is 4. The normalized spacial score (nSPS) is 22.9. The molecule has 7 heteroatoms. The van der Waals surface area contributed by atoms with Gasteiger partial charge in [-0.2, -0.15) is 5.10 Å². The largest absolute Gasteiger partial charge is 0.379 e. The van der Waals surface area contributed by atoms with Crippen molar-refractivity contribution in [2.45, 2.75) is 38.6 Å². The summed E-state index contributed by atoms with van der Waals surface area (Å²) in [5.41, 5.74) is 7.20. The molecule has 2 aromatic rings.